The average molecular weight is 321 g/mol. The molecule has 1 aliphatic rings. The Morgan fingerprint density at radius 3 is 2.35 bits per heavy atom. The van der Waals surface area contributed by atoms with Crippen molar-refractivity contribution in [1.82, 2.24) is 4.31 Å². The molecular weight excluding hydrogens is 303 g/mol. The Morgan fingerprint density at radius 2 is 1.80 bits per heavy atom. The fraction of sp³-hybridized carbons (Fsp3) is 0.538. The fourth-order valence-corrected chi connectivity index (χ4v) is 4.33. The molecule has 1 saturated heterocycles. The van der Waals surface area contributed by atoms with Crippen molar-refractivity contribution in [3.8, 4) is 0 Å². The molecule has 0 spiro atoms. The Bertz CT molecular complexity index is 584. The summed E-state index contributed by atoms with van der Waals surface area (Å²) >= 11 is 5.87. The summed E-state index contributed by atoms with van der Waals surface area (Å²) in [4.78, 5) is -0.368. The van der Waals surface area contributed by atoms with Crippen LogP contribution in [0, 0.1) is 5.82 Å². The highest BCUT2D eigenvalue weighted by Crippen LogP contribution is 2.27. The SMILES string of the molecule is NCc1cc(Cl)cc(S(=O)(=O)N2CCCCCC2)c1F. The van der Waals surface area contributed by atoms with Crippen LogP contribution in [0.3, 0.4) is 0 Å². The lowest BCUT2D eigenvalue weighted by atomic mass is 10.2. The van der Waals surface area contributed by atoms with Crippen molar-refractivity contribution in [2.45, 2.75) is 37.1 Å². The molecule has 0 aromatic heterocycles. The Kier molecular flexibility index (Phi) is 5.01. The maximum absolute atomic E-state index is 14.3. The number of nitrogens with two attached hydrogens (primary N) is 1. The highest BCUT2D eigenvalue weighted by atomic mass is 35.5. The molecule has 1 aromatic rings. The van der Waals surface area contributed by atoms with Crippen molar-refractivity contribution < 1.29 is 12.8 Å². The lowest BCUT2D eigenvalue weighted by Crippen LogP contribution is -2.32. The summed E-state index contributed by atoms with van der Waals surface area (Å²) in [5.74, 6) is -0.791. The van der Waals surface area contributed by atoms with Crippen LogP contribution in [0.5, 0.6) is 0 Å². The highest BCUT2D eigenvalue weighted by molar-refractivity contribution is 7.89. The lowest BCUT2D eigenvalue weighted by Gasteiger charge is -2.21. The molecule has 1 fully saturated rings. The van der Waals surface area contributed by atoms with Crippen LogP contribution in [0.4, 0.5) is 4.39 Å². The molecule has 0 atom stereocenters. The molecule has 1 aliphatic heterocycles. The molecule has 0 amide bonds. The van der Waals surface area contributed by atoms with Crippen LogP contribution >= 0.6 is 11.6 Å². The van der Waals surface area contributed by atoms with E-state index in [1.165, 1.54) is 10.4 Å². The number of benzene rings is 1. The van der Waals surface area contributed by atoms with Crippen molar-refractivity contribution in [2.24, 2.45) is 5.73 Å². The monoisotopic (exact) mass is 320 g/mol. The van der Waals surface area contributed by atoms with Gasteiger partial charge in [-0.2, -0.15) is 4.31 Å². The van der Waals surface area contributed by atoms with E-state index in [-0.39, 0.29) is 22.0 Å². The van der Waals surface area contributed by atoms with E-state index in [0.29, 0.717) is 13.1 Å². The molecular formula is C13H18ClFN2O2S. The van der Waals surface area contributed by atoms with Gasteiger partial charge >= 0.3 is 0 Å². The van der Waals surface area contributed by atoms with Gasteiger partial charge in [-0.1, -0.05) is 24.4 Å². The molecule has 0 bridgehead atoms. The van der Waals surface area contributed by atoms with Crippen molar-refractivity contribution in [1.29, 1.82) is 0 Å². The van der Waals surface area contributed by atoms with Gasteiger partial charge in [-0.05, 0) is 25.0 Å². The summed E-state index contributed by atoms with van der Waals surface area (Å²) < 4.78 is 40.7. The van der Waals surface area contributed by atoms with E-state index in [0.717, 1.165) is 31.7 Å². The maximum Gasteiger partial charge on any atom is 0.246 e. The minimum atomic E-state index is -3.85. The fourth-order valence-electron chi connectivity index (χ4n) is 2.38. The lowest BCUT2D eigenvalue weighted by molar-refractivity contribution is 0.419. The van der Waals surface area contributed by atoms with Gasteiger partial charge in [-0.15, -0.1) is 0 Å². The Morgan fingerprint density at radius 1 is 1.20 bits per heavy atom. The molecule has 4 nitrogen and oxygen atoms in total. The Labute approximate surface area is 123 Å². The number of rotatable bonds is 3. The second kappa shape index (κ2) is 6.39. The van der Waals surface area contributed by atoms with Gasteiger partial charge in [0.15, 0.2) is 0 Å². The van der Waals surface area contributed by atoms with Gasteiger partial charge < -0.3 is 5.73 Å². The van der Waals surface area contributed by atoms with Crippen molar-refractivity contribution in [2.75, 3.05) is 13.1 Å². The van der Waals surface area contributed by atoms with E-state index >= 15 is 0 Å². The third-order valence-electron chi connectivity index (χ3n) is 3.48. The third kappa shape index (κ3) is 3.14. The Balaban J connectivity index is 2.45. The largest absolute Gasteiger partial charge is 0.326 e. The van der Waals surface area contributed by atoms with Gasteiger partial charge in [-0.3, -0.25) is 0 Å². The number of sulfonamides is 1. The van der Waals surface area contributed by atoms with E-state index in [2.05, 4.69) is 0 Å². The molecule has 1 heterocycles. The van der Waals surface area contributed by atoms with Gasteiger partial charge in [-0.25, -0.2) is 12.8 Å². The standard InChI is InChI=1S/C13H18ClFN2O2S/c14-11-7-10(9-16)13(15)12(8-11)20(18,19)17-5-3-1-2-4-6-17/h7-8H,1-6,9,16H2. The summed E-state index contributed by atoms with van der Waals surface area (Å²) in [7, 11) is -3.85. The minimum absolute atomic E-state index is 0.0884. The smallest absolute Gasteiger partial charge is 0.246 e. The van der Waals surface area contributed by atoms with Crippen LogP contribution < -0.4 is 5.73 Å². The molecule has 112 valence electrons. The summed E-state index contributed by atoms with van der Waals surface area (Å²) in [5.41, 5.74) is 5.54. The molecule has 1 aromatic carbocycles. The zero-order valence-electron chi connectivity index (χ0n) is 11.1. The molecule has 2 rings (SSSR count). The number of hydrogen-bond acceptors (Lipinski definition) is 3. The topological polar surface area (TPSA) is 63.4 Å². The van der Waals surface area contributed by atoms with E-state index in [4.69, 9.17) is 17.3 Å². The van der Waals surface area contributed by atoms with Crippen LogP contribution in [0.25, 0.3) is 0 Å². The zero-order chi connectivity index (χ0) is 14.8. The first kappa shape index (κ1) is 15.7. The number of halogens is 2. The van der Waals surface area contributed by atoms with E-state index in [1.54, 1.807) is 0 Å². The van der Waals surface area contributed by atoms with Crippen LogP contribution in [-0.2, 0) is 16.6 Å². The first-order valence-electron chi connectivity index (χ1n) is 6.65. The van der Waals surface area contributed by atoms with Gasteiger partial charge in [0, 0.05) is 30.2 Å². The van der Waals surface area contributed by atoms with Crippen LogP contribution in [-0.4, -0.2) is 25.8 Å². The summed E-state index contributed by atoms with van der Waals surface area (Å²) in [6.07, 6.45) is 3.59. The molecule has 0 radical (unpaired) electrons. The zero-order valence-corrected chi connectivity index (χ0v) is 12.7. The molecule has 7 heteroatoms. The van der Waals surface area contributed by atoms with Gasteiger partial charge in [0.05, 0.1) is 0 Å². The third-order valence-corrected chi connectivity index (χ3v) is 5.60. The normalized spacial score (nSPS) is 17.9. The summed E-state index contributed by atoms with van der Waals surface area (Å²) in [5, 5.41) is 0.181. The second-order valence-electron chi connectivity index (χ2n) is 4.90. The van der Waals surface area contributed by atoms with E-state index < -0.39 is 15.8 Å². The molecule has 0 unspecified atom stereocenters. The first-order valence-corrected chi connectivity index (χ1v) is 8.46. The minimum Gasteiger partial charge on any atom is -0.326 e. The molecule has 0 saturated carbocycles. The highest BCUT2D eigenvalue weighted by Gasteiger charge is 2.29. The summed E-state index contributed by atoms with van der Waals surface area (Å²) in [6.45, 7) is 0.757. The van der Waals surface area contributed by atoms with Crippen LogP contribution in [0.1, 0.15) is 31.2 Å². The van der Waals surface area contributed by atoms with Crippen molar-refractivity contribution in [3.63, 3.8) is 0 Å². The Hall–Kier alpha value is -0.690. The second-order valence-corrected chi connectivity index (χ2v) is 7.24. The van der Waals surface area contributed by atoms with Crippen LogP contribution in [0.15, 0.2) is 17.0 Å². The van der Waals surface area contributed by atoms with Crippen molar-refractivity contribution in [3.05, 3.63) is 28.5 Å². The average Bonchev–Trinajstić information content (AvgIpc) is 2.70. The van der Waals surface area contributed by atoms with Gasteiger partial charge in [0.1, 0.15) is 10.7 Å². The number of nitrogens with zero attached hydrogens (tertiary/aromatic N) is 1. The predicted octanol–water partition coefficient (Wildman–Crippen LogP) is 2.50. The van der Waals surface area contributed by atoms with Gasteiger partial charge in [0.25, 0.3) is 0 Å². The molecule has 0 aliphatic carbocycles. The maximum atomic E-state index is 14.3. The van der Waals surface area contributed by atoms with E-state index in [1.807, 2.05) is 0 Å². The predicted molar refractivity (Wildman–Crippen MR) is 76.5 cm³/mol. The number of hydrogen-bond donors (Lipinski definition) is 1. The molecule has 20 heavy (non-hydrogen) atoms. The van der Waals surface area contributed by atoms with Gasteiger partial charge in [0.2, 0.25) is 10.0 Å². The van der Waals surface area contributed by atoms with E-state index in [9.17, 15) is 12.8 Å². The summed E-state index contributed by atoms with van der Waals surface area (Å²) in [6, 6.07) is 2.52. The quantitative estimate of drug-likeness (QED) is 0.930. The molecule has 2 N–H and O–H groups in total. The first-order chi connectivity index (χ1) is 9.46. The van der Waals surface area contributed by atoms with Crippen molar-refractivity contribution >= 4 is 21.6 Å². The van der Waals surface area contributed by atoms with Crippen LogP contribution in [0.2, 0.25) is 5.02 Å².